The lowest BCUT2D eigenvalue weighted by molar-refractivity contribution is 0.0697. The number of hydrogen-bond donors (Lipinski definition) is 1. The van der Waals surface area contributed by atoms with Gasteiger partial charge in [-0.3, -0.25) is 0 Å². The van der Waals surface area contributed by atoms with Crippen molar-refractivity contribution in [1.82, 2.24) is 14.5 Å². The van der Waals surface area contributed by atoms with Crippen LogP contribution in [-0.2, 0) is 24.3 Å². The Morgan fingerprint density at radius 2 is 1.80 bits per heavy atom. The van der Waals surface area contributed by atoms with E-state index in [0.29, 0.717) is 58.0 Å². The van der Waals surface area contributed by atoms with Crippen molar-refractivity contribution in [3.63, 3.8) is 0 Å². The number of ether oxygens (including phenoxy) is 2. The maximum atomic E-state index is 15.4. The van der Waals surface area contributed by atoms with Crippen LogP contribution in [0.3, 0.4) is 0 Å². The van der Waals surface area contributed by atoms with Gasteiger partial charge in [0.2, 0.25) is 5.88 Å². The number of carboxylic acids is 1. The Labute approximate surface area is 235 Å². The molecule has 0 spiro atoms. The summed E-state index contributed by atoms with van der Waals surface area (Å²) >= 11 is 0. The number of fused-ring (bicyclic) bond motifs is 1. The van der Waals surface area contributed by atoms with Crippen LogP contribution < -0.4 is 4.74 Å². The third kappa shape index (κ3) is 6.08. The first-order chi connectivity index (χ1) is 19.9. The summed E-state index contributed by atoms with van der Waals surface area (Å²) in [6.45, 7) is 0.766. The second-order valence-electron chi connectivity index (χ2n) is 9.26. The number of halogens is 2. The molecule has 0 saturated carbocycles. The number of rotatable bonds is 10. The number of imidazole rings is 1. The Bertz CT molecular complexity index is 1790. The first kappa shape index (κ1) is 27.5. The van der Waals surface area contributed by atoms with Gasteiger partial charge in [-0.05, 0) is 48.0 Å². The minimum atomic E-state index is -1.04. The van der Waals surface area contributed by atoms with Crippen molar-refractivity contribution >= 4 is 17.0 Å². The van der Waals surface area contributed by atoms with Gasteiger partial charge in [0.15, 0.2) is 0 Å². The molecule has 0 aliphatic carbocycles. The van der Waals surface area contributed by atoms with E-state index in [1.54, 1.807) is 61.7 Å². The summed E-state index contributed by atoms with van der Waals surface area (Å²) in [5.74, 6) is 1.29. The van der Waals surface area contributed by atoms with Gasteiger partial charge in [0.1, 0.15) is 24.1 Å². The van der Waals surface area contributed by atoms with Gasteiger partial charge >= 0.3 is 5.97 Å². The molecule has 5 rings (SSSR count). The minimum Gasteiger partial charge on any atom is -0.478 e. The summed E-state index contributed by atoms with van der Waals surface area (Å²) < 4.78 is 42.4. The van der Waals surface area contributed by atoms with E-state index in [2.05, 4.69) is 15.9 Å². The summed E-state index contributed by atoms with van der Waals surface area (Å²) in [5, 5.41) is 9.40. The molecule has 0 saturated heterocycles. The van der Waals surface area contributed by atoms with Crippen LogP contribution in [0, 0.1) is 24.0 Å². The Kier molecular flexibility index (Phi) is 8.04. The highest BCUT2D eigenvalue weighted by Gasteiger charge is 2.16. The molecule has 0 aliphatic heterocycles. The molecule has 0 radical (unpaired) electrons. The molecule has 0 amide bonds. The zero-order valence-electron chi connectivity index (χ0n) is 22.1. The van der Waals surface area contributed by atoms with Crippen molar-refractivity contribution in [3.8, 4) is 29.5 Å². The highest BCUT2D eigenvalue weighted by Crippen LogP contribution is 2.26. The molecule has 9 heteroatoms. The van der Waals surface area contributed by atoms with E-state index in [4.69, 9.17) is 15.9 Å². The summed E-state index contributed by atoms with van der Waals surface area (Å²) in [7, 11) is 1.57. The molecule has 206 valence electrons. The number of carboxylic acid groups (broad SMARTS) is 1. The van der Waals surface area contributed by atoms with E-state index in [0.717, 1.165) is 0 Å². The van der Waals surface area contributed by atoms with E-state index in [1.165, 1.54) is 18.2 Å². The van der Waals surface area contributed by atoms with Crippen molar-refractivity contribution in [2.24, 2.45) is 0 Å². The molecule has 0 fully saturated rings. The highest BCUT2D eigenvalue weighted by atomic mass is 19.1. The fraction of sp³-hybridized carbons (Fsp3) is 0.156. The number of nitrogens with zero attached hydrogens (tertiary/aromatic N) is 3. The van der Waals surface area contributed by atoms with Gasteiger partial charge in [0.05, 0.1) is 28.9 Å². The lowest BCUT2D eigenvalue weighted by atomic mass is 10.1. The van der Waals surface area contributed by atoms with Crippen molar-refractivity contribution in [2.45, 2.75) is 19.6 Å². The first-order valence-corrected chi connectivity index (χ1v) is 12.7. The maximum absolute atomic E-state index is 15.4. The van der Waals surface area contributed by atoms with Gasteiger partial charge in [-0.15, -0.1) is 6.42 Å². The molecule has 2 heterocycles. The molecule has 41 heavy (non-hydrogen) atoms. The molecule has 3 aromatic carbocycles. The number of aromatic nitrogens is 3. The molecular weight excluding hydrogens is 528 g/mol. The van der Waals surface area contributed by atoms with Crippen LogP contribution in [0.4, 0.5) is 8.78 Å². The lowest BCUT2D eigenvalue weighted by Crippen LogP contribution is -2.10. The highest BCUT2D eigenvalue weighted by molar-refractivity contribution is 5.92. The average Bonchev–Trinajstić information content (AvgIpc) is 3.32. The van der Waals surface area contributed by atoms with E-state index >= 15 is 4.39 Å². The van der Waals surface area contributed by atoms with Gasteiger partial charge < -0.3 is 19.1 Å². The number of terminal acetylenes is 1. The van der Waals surface area contributed by atoms with Gasteiger partial charge in [0, 0.05) is 42.8 Å². The largest absolute Gasteiger partial charge is 0.478 e. The number of benzene rings is 3. The number of methoxy groups -OCH3 is 1. The van der Waals surface area contributed by atoms with Crippen LogP contribution >= 0.6 is 0 Å². The monoisotopic (exact) mass is 553 g/mol. The number of carbonyl (C=O) groups is 1. The molecule has 0 atom stereocenters. The third-order valence-corrected chi connectivity index (χ3v) is 6.61. The zero-order chi connectivity index (χ0) is 28.9. The molecule has 0 unspecified atom stereocenters. The number of hydrogen-bond acceptors (Lipinski definition) is 5. The summed E-state index contributed by atoms with van der Waals surface area (Å²) in [5.41, 5.74) is 3.62. The predicted octanol–water partition coefficient (Wildman–Crippen LogP) is 5.87. The number of aromatic carboxylic acids is 1. The van der Waals surface area contributed by atoms with Crippen LogP contribution in [-0.4, -0.2) is 39.3 Å². The predicted molar refractivity (Wildman–Crippen MR) is 150 cm³/mol. The molecule has 2 aromatic heterocycles. The van der Waals surface area contributed by atoms with E-state index in [1.807, 2.05) is 4.57 Å². The first-order valence-electron chi connectivity index (χ1n) is 12.7. The van der Waals surface area contributed by atoms with E-state index < -0.39 is 17.6 Å². The smallest absolute Gasteiger partial charge is 0.335 e. The normalized spacial score (nSPS) is 11.0. The lowest BCUT2D eigenvalue weighted by Gasteiger charge is -2.11. The Hall–Kier alpha value is -5.07. The quantitative estimate of drug-likeness (QED) is 0.218. The van der Waals surface area contributed by atoms with Crippen LogP contribution in [0.1, 0.15) is 32.9 Å². The zero-order valence-corrected chi connectivity index (χ0v) is 22.1. The molecule has 5 aromatic rings. The van der Waals surface area contributed by atoms with Crippen LogP contribution in [0.5, 0.6) is 5.88 Å². The van der Waals surface area contributed by atoms with Crippen molar-refractivity contribution in [1.29, 1.82) is 0 Å². The van der Waals surface area contributed by atoms with Crippen molar-refractivity contribution in [2.75, 3.05) is 13.7 Å². The van der Waals surface area contributed by atoms with Gasteiger partial charge in [0.25, 0.3) is 0 Å². The van der Waals surface area contributed by atoms with Crippen molar-refractivity contribution < 1.29 is 28.2 Å². The summed E-state index contributed by atoms with van der Waals surface area (Å²) in [6, 6.07) is 19.1. The van der Waals surface area contributed by atoms with Gasteiger partial charge in [-0.1, -0.05) is 30.2 Å². The molecule has 0 bridgehead atoms. The SMILES string of the molecule is C#Cc1ccc(COc2cccc(-c3ccc(Cc4nc5ccc(C(=O)O)cc5n4CCOC)c(F)c3)n2)c(F)c1. The van der Waals surface area contributed by atoms with Crippen LogP contribution in [0.2, 0.25) is 0 Å². The number of pyridine rings is 1. The fourth-order valence-corrected chi connectivity index (χ4v) is 4.45. The van der Waals surface area contributed by atoms with Crippen LogP contribution in [0.15, 0.2) is 72.8 Å². The second-order valence-corrected chi connectivity index (χ2v) is 9.26. The minimum absolute atomic E-state index is 0.0432. The summed E-state index contributed by atoms with van der Waals surface area (Å²) in [4.78, 5) is 20.6. The average molecular weight is 554 g/mol. The topological polar surface area (TPSA) is 86.5 Å². The van der Waals surface area contributed by atoms with Crippen LogP contribution in [0.25, 0.3) is 22.3 Å². The molecule has 1 N–H and O–H groups in total. The third-order valence-electron chi connectivity index (χ3n) is 6.61. The maximum Gasteiger partial charge on any atom is 0.335 e. The Morgan fingerprint density at radius 1 is 1.00 bits per heavy atom. The van der Waals surface area contributed by atoms with Crippen molar-refractivity contribution in [3.05, 3.63) is 113 Å². The molecular formula is C32H25F2N3O4. The van der Waals surface area contributed by atoms with E-state index in [9.17, 15) is 14.3 Å². The second kappa shape index (κ2) is 12.0. The van der Waals surface area contributed by atoms with E-state index in [-0.39, 0.29) is 24.5 Å². The fourth-order valence-electron chi connectivity index (χ4n) is 4.45. The van der Waals surface area contributed by atoms with Gasteiger partial charge in [-0.25, -0.2) is 23.5 Å². The standard InChI is InChI=1S/C32H25F2N3O4/c1-3-20-7-8-24(25(33)15-20)19-41-31-6-4-5-27(36-31)22-10-9-21(26(34)16-22)18-30-35-28-12-11-23(32(38)39)17-29(28)37(30)13-14-40-2/h1,4-12,15-17H,13-14,18-19H2,2H3,(H,38,39). The Morgan fingerprint density at radius 3 is 2.54 bits per heavy atom. The Balaban J connectivity index is 1.36. The van der Waals surface area contributed by atoms with Gasteiger partial charge in [-0.2, -0.15) is 0 Å². The summed E-state index contributed by atoms with van der Waals surface area (Å²) in [6.07, 6.45) is 5.49. The molecule has 7 nitrogen and oxygen atoms in total. The molecule has 0 aliphatic rings.